The van der Waals surface area contributed by atoms with Gasteiger partial charge in [0.05, 0.1) is 12.7 Å². The van der Waals surface area contributed by atoms with Crippen LogP contribution in [0.2, 0.25) is 0 Å². The topological polar surface area (TPSA) is 122 Å². The summed E-state index contributed by atoms with van der Waals surface area (Å²) in [5.41, 5.74) is 0.0951. The highest BCUT2D eigenvalue weighted by atomic mass is 32.3. The van der Waals surface area contributed by atoms with Crippen LogP contribution >= 0.6 is 0 Å². The molecule has 0 aliphatic rings. The highest BCUT2D eigenvalue weighted by Gasteiger charge is 2.18. The maximum atomic E-state index is 11.2. The summed E-state index contributed by atoms with van der Waals surface area (Å²) in [5.74, 6) is -1.18. The van der Waals surface area contributed by atoms with E-state index in [-0.39, 0.29) is 11.3 Å². The van der Waals surface area contributed by atoms with Crippen molar-refractivity contribution in [3.05, 3.63) is 29.8 Å². The quantitative estimate of drug-likeness (QED) is 0.701. The van der Waals surface area contributed by atoms with Gasteiger partial charge in [0, 0.05) is 6.92 Å². The number of phenolic OH excluding ortho intramolecular Hbond substituents is 1. The summed E-state index contributed by atoms with van der Waals surface area (Å²) in [7, 11) is 0.721. The van der Waals surface area contributed by atoms with Crippen LogP contribution in [0.1, 0.15) is 30.6 Å². The van der Waals surface area contributed by atoms with Gasteiger partial charge in [0.25, 0.3) is 5.91 Å². The third kappa shape index (κ3) is 9.15. The molecule has 0 saturated carbocycles. The molecule has 0 fully saturated rings. The zero-order valence-corrected chi connectivity index (χ0v) is 15.7. The fourth-order valence-corrected chi connectivity index (χ4v) is 2.25. The molecule has 1 unspecified atom stereocenters. The predicted octanol–water partition coefficient (Wildman–Crippen LogP) is 0.860. The normalized spacial score (nSPS) is 12.1. The van der Waals surface area contributed by atoms with Crippen molar-refractivity contribution >= 4 is 22.2 Å². The summed E-state index contributed by atoms with van der Waals surface area (Å²) >= 11 is 0. The van der Waals surface area contributed by atoms with Gasteiger partial charge in [-0.05, 0) is 32.6 Å². The molecule has 1 aromatic carbocycles. The first-order chi connectivity index (χ1) is 11.5. The minimum atomic E-state index is -3.82. The van der Waals surface area contributed by atoms with E-state index >= 15 is 0 Å². The molecule has 0 aliphatic carbocycles. The molecule has 0 saturated heterocycles. The van der Waals surface area contributed by atoms with Gasteiger partial charge in [-0.15, -0.1) is 0 Å². The molecule has 25 heavy (non-hydrogen) atoms. The molecule has 0 bridgehead atoms. The molecule has 1 atom stereocenters. The third-order valence-electron chi connectivity index (χ3n) is 2.80. The summed E-state index contributed by atoms with van der Waals surface area (Å²) in [6.45, 7) is 3.06. The third-order valence-corrected chi connectivity index (χ3v) is 3.66. The van der Waals surface area contributed by atoms with E-state index in [2.05, 4.69) is 13.7 Å². The number of nitrogens with zero attached hydrogens (tertiary/aromatic N) is 1. The van der Waals surface area contributed by atoms with Crippen LogP contribution in [0.25, 0.3) is 0 Å². The minimum Gasteiger partial charge on any atom is -0.507 e. The van der Waals surface area contributed by atoms with Crippen LogP contribution in [0, 0.1) is 0 Å². The first-order valence-corrected chi connectivity index (χ1v) is 8.62. The number of amides is 2. The second-order valence-corrected chi connectivity index (χ2v) is 6.37. The van der Waals surface area contributed by atoms with Crippen molar-refractivity contribution in [3.63, 3.8) is 0 Å². The van der Waals surface area contributed by atoms with Gasteiger partial charge in [-0.3, -0.25) is 24.0 Å². The Morgan fingerprint density at radius 1 is 1.28 bits per heavy atom. The molecule has 0 aliphatic heterocycles. The van der Waals surface area contributed by atoms with E-state index in [0.29, 0.717) is 6.42 Å². The van der Waals surface area contributed by atoms with E-state index in [9.17, 15) is 23.1 Å². The first kappa shape index (κ1) is 23.0. The summed E-state index contributed by atoms with van der Waals surface area (Å²) < 4.78 is 30.4. The zero-order chi connectivity index (χ0) is 19.6. The summed E-state index contributed by atoms with van der Waals surface area (Å²) in [6, 6.07) is 6.03. The maximum absolute atomic E-state index is 11.2. The second-order valence-electron chi connectivity index (χ2n) is 5.03. The molecule has 0 heterocycles. The van der Waals surface area contributed by atoms with Crippen LogP contribution in [-0.4, -0.2) is 57.7 Å². The zero-order valence-electron chi connectivity index (χ0n) is 14.8. The summed E-state index contributed by atoms with van der Waals surface area (Å²) in [6.07, 6.45) is 0.116. The molecule has 1 aromatic rings. The van der Waals surface area contributed by atoms with Crippen LogP contribution in [0.3, 0.4) is 0 Å². The predicted molar refractivity (Wildman–Crippen MR) is 91.0 cm³/mol. The van der Waals surface area contributed by atoms with E-state index in [0.717, 1.165) is 7.11 Å². The lowest BCUT2D eigenvalue weighted by molar-refractivity contribution is -0.118. The van der Waals surface area contributed by atoms with Gasteiger partial charge in [-0.25, -0.2) is 4.18 Å². The van der Waals surface area contributed by atoms with E-state index < -0.39 is 28.4 Å². The van der Waals surface area contributed by atoms with Crippen molar-refractivity contribution < 1.29 is 31.5 Å². The Bertz CT molecular complexity index is 674. The van der Waals surface area contributed by atoms with E-state index in [1.165, 1.54) is 19.1 Å². The SMILES string of the molecule is CC(=O)NC(=O)c1ccccc1O.CCC(OS(=O)(=O)OC)N(C)C. The number of hydrogen-bond acceptors (Lipinski definition) is 8. The van der Waals surface area contributed by atoms with Gasteiger partial charge in [-0.1, -0.05) is 19.1 Å². The average Bonchev–Trinajstić information content (AvgIpc) is 2.52. The number of rotatable bonds is 6. The number of carbonyl (C=O) groups excluding carboxylic acids is 2. The maximum Gasteiger partial charge on any atom is 0.401 e. The summed E-state index contributed by atoms with van der Waals surface area (Å²) in [5, 5.41) is 11.3. The molecule has 0 aromatic heterocycles. The number of aromatic hydroxyl groups is 1. The molecular formula is C15H24N2O7S. The number of para-hydroxylation sites is 1. The Balaban J connectivity index is 0.000000463. The molecule has 1 rings (SSSR count). The Kier molecular flexibility index (Phi) is 9.91. The van der Waals surface area contributed by atoms with Gasteiger partial charge in [-0.2, -0.15) is 8.42 Å². The van der Waals surface area contributed by atoms with Crippen LogP contribution < -0.4 is 5.32 Å². The van der Waals surface area contributed by atoms with Gasteiger partial charge >= 0.3 is 10.4 Å². The fraction of sp³-hybridized carbons (Fsp3) is 0.467. The average molecular weight is 376 g/mol. The fourth-order valence-electron chi connectivity index (χ4n) is 1.59. The van der Waals surface area contributed by atoms with Crippen molar-refractivity contribution in [3.8, 4) is 5.75 Å². The molecule has 2 amide bonds. The van der Waals surface area contributed by atoms with Crippen LogP contribution in [0.4, 0.5) is 0 Å². The Morgan fingerprint density at radius 2 is 1.84 bits per heavy atom. The molecular weight excluding hydrogens is 352 g/mol. The van der Waals surface area contributed by atoms with Gasteiger partial charge < -0.3 is 5.11 Å². The van der Waals surface area contributed by atoms with E-state index in [1.807, 2.05) is 6.92 Å². The van der Waals surface area contributed by atoms with Crippen molar-refractivity contribution in [2.45, 2.75) is 26.5 Å². The number of phenols is 1. The lowest BCUT2D eigenvalue weighted by Gasteiger charge is -2.21. The van der Waals surface area contributed by atoms with E-state index in [1.54, 1.807) is 31.1 Å². The van der Waals surface area contributed by atoms with Gasteiger partial charge in [0.1, 0.15) is 12.0 Å². The van der Waals surface area contributed by atoms with Gasteiger partial charge in [0.15, 0.2) is 0 Å². The molecule has 9 nitrogen and oxygen atoms in total. The number of hydrogen-bond donors (Lipinski definition) is 2. The number of benzene rings is 1. The summed E-state index contributed by atoms with van der Waals surface area (Å²) in [4.78, 5) is 23.4. The van der Waals surface area contributed by atoms with Crippen molar-refractivity contribution in [2.24, 2.45) is 0 Å². The molecule has 2 N–H and O–H groups in total. The number of carbonyl (C=O) groups is 2. The first-order valence-electron chi connectivity index (χ1n) is 7.29. The monoisotopic (exact) mass is 376 g/mol. The number of nitrogens with one attached hydrogen (secondary N) is 1. The van der Waals surface area contributed by atoms with Crippen molar-refractivity contribution in [1.29, 1.82) is 0 Å². The van der Waals surface area contributed by atoms with Crippen LogP contribution in [-0.2, 0) is 23.6 Å². The van der Waals surface area contributed by atoms with Crippen molar-refractivity contribution in [2.75, 3.05) is 21.2 Å². The second kappa shape index (κ2) is 10.8. The largest absolute Gasteiger partial charge is 0.507 e. The van der Waals surface area contributed by atoms with Crippen molar-refractivity contribution in [1.82, 2.24) is 10.2 Å². The Hall–Kier alpha value is -2.01. The van der Waals surface area contributed by atoms with E-state index in [4.69, 9.17) is 0 Å². The highest BCUT2D eigenvalue weighted by molar-refractivity contribution is 7.81. The standard InChI is InChI=1S/C9H9NO3.C6H15NO4S/c1-6(11)10-9(13)7-4-2-3-5-8(7)12;1-5-6(7(2)3)11-12(8,9)10-4/h2-5,12H,1H3,(H,10,11,13);6H,5H2,1-4H3. The Morgan fingerprint density at radius 3 is 2.24 bits per heavy atom. The molecule has 10 heteroatoms. The minimum absolute atomic E-state index is 0.0951. The van der Waals surface area contributed by atoms with Gasteiger partial charge in [0.2, 0.25) is 5.91 Å². The smallest absolute Gasteiger partial charge is 0.401 e. The van der Waals surface area contributed by atoms with Crippen LogP contribution in [0.5, 0.6) is 5.75 Å². The lowest BCUT2D eigenvalue weighted by Crippen LogP contribution is -2.32. The molecule has 0 spiro atoms. The number of imide groups is 1. The molecule has 0 radical (unpaired) electrons. The highest BCUT2D eigenvalue weighted by Crippen LogP contribution is 2.14. The molecule has 142 valence electrons. The Labute approximate surface area is 147 Å². The van der Waals surface area contributed by atoms with Crippen LogP contribution in [0.15, 0.2) is 24.3 Å². The lowest BCUT2D eigenvalue weighted by atomic mass is 10.2.